The number of imidazole rings is 1. The molecule has 5 rings (SSSR count). The predicted molar refractivity (Wildman–Crippen MR) is 141 cm³/mol. The number of ether oxygens (including phenoxy) is 1. The summed E-state index contributed by atoms with van der Waals surface area (Å²) >= 11 is 1.39. The Bertz CT molecular complexity index is 1620. The first-order valence-corrected chi connectivity index (χ1v) is 12.4. The number of rotatable bonds is 9. The molecule has 5 aromatic rings. The summed E-state index contributed by atoms with van der Waals surface area (Å²) < 4.78 is 23.5. The van der Waals surface area contributed by atoms with Crippen molar-refractivity contribution >= 4 is 39.1 Å². The minimum atomic E-state index is -1.39. The Morgan fingerprint density at radius 3 is 2.66 bits per heavy atom. The number of amides is 2. The fraction of sp³-hybridized carbons (Fsp3) is 0.111. The summed E-state index contributed by atoms with van der Waals surface area (Å²) in [4.78, 5) is 34.4. The molecule has 0 spiro atoms. The minimum absolute atomic E-state index is 0.00397. The molecule has 2 amide bonds. The summed E-state index contributed by atoms with van der Waals surface area (Å²) in [5.41, 5.74) is 7.45. The lowest BCUT2D eigenvalue weighted by atomic mass is 9.97. The lowest BCUT2D eigenvalue weighted by Gasteiger charge is -2.15. The molecular weight excluding hydrogens is 509 g/mol. The van der Waals surface area contributed by atoms with Gasteiger partial charge in [-0.05, 0) is 35.9 Å². The predicted octanol–water partition coefficient (Wildman–Crippen LogP) is 4.29. The van der Waals surface area contributed by atoms with Gasteiger partial charge in [0.2, 0.25) is 11.8 Å². The molecule has 1 atom stereocenters. The SMILES string of the molecule is NC(=O)C(C(=O)Nc1ccccc1)c1ccc(Oc2ccnc3cc(-c4cn(CCO)cn4)sc23)c(F)c1. The molecule has 0 bridgehead atoms. The highest BCUT2D eigenvalue weighted by Gasteiger charge is 2.28. The number of pyridine rings is 1. The van der Waals surface area contributed by atoms with Gasteiger partial charge in [-0.1, -0.05) is 24.3 Å². The summed E-state index contributed by atoms with van der Waals surface area (Å²) in [7, 11) is 0. The normalized spacial score (nSPS) is 11.8. The van der Waals surface area contributed by atoms with E-state index in [1.165, 1.54) is 23.5 Å². The molecular formula is C27H22FN5O4S. The number of nitrogens with two attached hydrogens (primary N) is 1. The van der Waals surface area contributed by atoms with E-state index >= 15 is 4.39 Å². The molecule has 192 valence electrons. The van der Waals surface area contributed by atoms with E-state index in [0.29, 0.717) is 33.9 Å². The monoisotopic (exact) mass is 531 g/mol. The van der Waals surface area contributed by atoms with E-state index < -0.39 is 23.5 Å². The van der Waals surface area contributed by atoms with E-state index in [0.717, 1.165) is 10.9 Å². The van der Waals surface area contributed by atoms with Crippen molar-refractivity contribution in [2.45, 2.75) is 12.5 Å². The quantitative estimate of drug-likeness (QED) is 0.243. The second-order valence-electron chi connectivity index (χ2n) is 8.34. The Hall–Kier alpha value is -4.61. The first kappa shape index (κ1) is 25.1. The van der Waals surface area contributed by atoms with Crippen molar-refractivity contribution in [3.8, 4) is 22.1 Å². The smallest absolute Gasteiger partial charge is 0.241 e. The zero-order chi connectivity index (χ0) is 26.6. The summed E-state index contributed by atoms with van der Waals surface area (Å²) in [5.74, 6) is -3.42. The molecule has 38 heavy (non-hydrogen) atoms. The van der Waals surface area contributed by atoms with Gasteiger partial charge < -0.3 is 25.5 Å². The van der Waals surface area contributed by atoms with Crippen LogP contribution in [-0.4, -0.2) is 38.1 Å². The maximum absolute atomic E-state index is 15.1. The van der Waals surface area contributed by atoms with E-state index in [1.807, 2.05) is 12.3 Å². The number of anilines is 1. The molecule has 3 heterocycles. The number of nitrogens with zero attached hydrogens (tertiary/aromatic N) is 3. The number of primary amides is 1. The maximum Gasteiger partial charge on any atom is 0.241 e. The fourth-order valence-corrected chi connectivity index (χ4v) is 4.95. The lowest BCUT2D eigenvalue weighted by Crippen LogP contribution is -2.32. The highest BCUT2D eigenvalue weighted by atomic mass is 32.1. The molecule has 3 aromatic heterocycles. The Labute approximate surface area is 220 Å². The van der Waals surface area contributed by atoms with Gasteiger partial charge in [0.15, 0.2) is 11.6 Å². The molecule has 0 aliphatic carbocycles. The maximum atomic E-state index is 15.1. The van der Waals surface area contributed by atoms with Crippen LogP contribution in [0.1, 0.15) is 11.5 Å². The van der Waals surface area contributed by atoms with Crippen LogP contribution >= 0.6 is 11.3 Å². The van der Waals surface area contributed by atoms with Crippen LogP contribution in [0, 0.1) is 5.82 Å². The molecule has 0 fully saturated rings. The van der Waals surface area contributed by atoms with Gasteiger partial charge >= 0.3 is 0 Å². The van der Waals surface area contributed by atoms with Crippen LogP contribution in [0.5, 0.6) is 11.5 Å². The van der Waals surface area contributed by atoms with E-state index in [1.54, 1.807) is 53.5 Å². The van der Waals surface area contributed by atoms with E-state index in [-0.39, 0.29) is 17.9 Å². The van der Waals surface area contributed by atoms with Gasteiger partial charge in [0.25, 0.3) is 0 Å². The van der Waals surface area contributed by atoms with Gasteiger partial charge in [-0.3, -0.25) is 14.6 Å². The standard InChI is InChI=1S/C27H22FN5O4S/c28-18-12-16(24(26(29)35)27(36)32-17-4-2-1-3-5-17)6-7-21(18)37-22-8-9-30-19-13-23(38-25(19)22)20-14-33(10-11-34)15-31-20/h1-9,12-15,24,34H,10-11H2,(H2,29,35)(H,32,36). The lowest BCUT2D eigenvalue weighted by molar-refractivity contribution is -0.127. The first-order valence-electron chi connectivity index (χ1n) is 11.6. The number of hydrogen-bond acceptors (Lipinski definition) is 7. The zero-order valence-corrected chi connectivity index (χ0v) is 20.7. The van der Waals surface area contributed by atoms with Gasteiger partial charge in [0.05, 0.1) is 33.7 Å². The molecule has 11 heteroatoms. The summed E-state index contributed by atoms with van der Waals surface area (Å²) in [6.07, 6.45) is 5.02. The largest absolute Gasteiger partial charge is 0.453 e. The van der Waals surface area contributed by atoms with Crippen LogP contribution in [0.3, 0.4) is 0 Å². The van der Waals surface area contributed by atoms with E-state index in [9.17, 15) is 9.59 Å². The third kappa shape index (κ3) is 5.24. The number of benzene rings is 2. The second-order valence-corrected chi connectivity index (χ2v) is 9.39. The molecule has 1 unspecified atom stereocenters. The number of hydrogen-bond donors (Lipinski definition) is 3. The van der Waals surface area contributed by atoms with Crippen LogP contribution in [0.4, 0.5) is 10.1 Å². The first-order chi connectivity index (χ1) is 18.4. The van der Waals surface area contributed by atoms with Crippen LogP contribution in [0.25, 0.3) is 20.8 Å². The van der Waals surface area contributed by atoms with Crippen molar-refractivity contribution < 1.29 is 23.8 Å². The Morgan fingerprint density at radius 1 is 1.11 bits per heavy atom. The number of halogens is 1. The number of fused-ring (bicyclic) bond motifs is 1. The number of aliphatic hydroxyl groups is 1. The molecule has 0 saturated carbocycles. The molecule has 4 N–H and O–H groups in total. The van der Waals surface area contributed by atoms with Gasteiger partial charge in [-0.25, -0.2) is 9.37 Å². The number of carbonyl (C=O) groups excluding carboxylic acids is 2. The molecule has 0 aliphatic rings. The van der Waals surface area contributed by atoms with Crippen molar-refractivity contribution in [1.29, 1.82) is 0 Å². The number of aliphatic hydroxyl groups excluding tert-OH is 1. The van der Waals surface area contributed by atoms with Crippen LogP contribution < -0.4 is 15.8 Å². The van der Waals surface area contributed by atoms with Crippen LogP contribution in [-0.2, 0) is 16.1 Å². The topological polar surface area (TPSA) is 132 Å². The van der Waals surface area contributed by atoms with E-state index in [2.05, 4.69) is 15.3 Å². The van der Waals surface area contributed by atoms with Gasteiger partial charge in [0, 0.05) is 30.7 Å². The van der Waals surface area contributed by atoms with Crippen molar-refractivity contribution in [3.63, 3.8) is 0 Å². The van der Waals surface area contributed by atoms with Crippen molar-refractivity contribution in [2.75, 3.05) is 11.9 Å². The third-order valence-electron chi connectivity index (χ3n) is 5.72. The highest BCUT2D eigenvalue weighted by Crippen LogP contribution is 2.39. The van der Waals surface area contributed by atoms with Crippen molar-refractivity contribution in [2.24, 2.45) is 5.73 Å². The van der Waals surface area contributed by atoms with Crippen LogP contribution in [0.15, 0.2) is 79.4 Å². The Morgan fingerprint density at radius 2 is 1.92 bits per heavy atom. The highest BCUT2D eigenvalue weighted by molar-refractivity contribution is 7.22. The summed E-state index contributed by atoms with van der Waals surface area (Å²) in [6, 6.07) is 15.9. The molecule has 9 nitrogen and oxygen atoms in total. The molecule has 0 aliphatic heterocycles. The molecule has 0 radical (unpaired) electrons. The average Bonchev–Trinajstić information content (AvgIpc) is 3.54. The van der Waals surface area contributed by atoms with Gasteiger partial charge in [0.1, 0.15) is 11.7 Å². The summed E-state index contributed by atoms with van der Waals surface area (Å²) in [5, 5.41) is 11.8. The van der Waals surface area contributed by atoms with Crippen molar-refractivity contribution in [3.05, 3.63) is 90.8 Å². The van der Waals surface area contributed by atoms with Gasteiger partial charge in [-0.2, -0.15) is 0 Å². The van der Waals surface area contributed by atoms with E-state index in [4.69, 9.17) is 15.6 Å². The second kappa shape index (κ2) is 10.8. The number of nitrogens with one attached hydrogen (secondary N) is 1. The Balaban J connectivity index is 1.39. The average molecular weight is 532 g/mol. The van der Waals surface area contributed by atoms with Crippen LogP contribution in [0.2, 0.25) is 0 Å². The summed E-state index contributed by atoms with van der Waals surface area (Å²) in [6.45, 7) is 0.439. The minimum Gasteiger partial charge on any atom is -0.453 e. The van der Waals surface area contributed by atoms with Crippen molar-refractivity contribution in [1.82, 2.24) is 14.5 Å². The number of thiophene rings is 1. The third-order valence-corrected chi connectivity index (χ3v) is 6.88. The Kier molecular flexibility index (Phi) is 7.11. The number of para-hydroxylation sites is 1. The zero-order valence-electron chi connectivity index (χ0n) is 19.9. The molecule has 2 aromatic carbocycles. The van der Waals surface area contributed by atoms with Gasteiger partial charge in [-0.15, -0.1) is 11.3 Å². The number of aromatic nitrogens is 3. The number of carbonyl (C=O) groups is 2. The molecule has 0 saturated heterocycles. The fourth-order valence-electron chi connectivity index (χ4n) is 3.93.